The van der Waals surface area contributed by atoms with Crippen molar-refractivity contribution < 1.29 is 14.2 Å². The number of anilines is 3. The number of benzene rings is 5. The van der Waals surface area contributed by atoms with E-state index in [1.807, 2.05) is 18.2 Å². The van der Waals surface area contributed by atoms with Gasteiger partial charge in [-0.25, -0.2) is 0 Å². The third kappa shape index (κ3) is 3.51. The topological polar surface area (TPSA) is 43.8 Å². The lowest BCUT2D eigenvalue weighted by molar-refractivity contribution is 0.448. The number of hydrogen-bond donors (Lipinski definition) is 0. The number of para-hydroxylation sites is 3. The summed E-state index contributed by atoms with van der Waals surface area (Å²) in [5.41, 5.74) is 9.81. The van der Waals surface area contributed by atoms with E-state index in [1.165, 1.54) is 0 Å². The third-order valence-corrected chi connectivity index (χ3v) is 9.81. The van der Waals surface area contributed by atoms with E-state index in [0.29, 0.717) is 5.88 Å². The highest BCUT2D eigenvalue weighted by molar-refractivity contribution is 7.01. The van der Waals surface area contributed by atoms with Crippen LogP contribution in [0.15, 0.2) is 115 Å². The first-order chi connectivity index (χ1) is 22.4. The van der Waals surface area contributed by atoms with Crippen molar-refractivity contribution in [1.29, 1.82) is 0 Å². The number of pyridine rings is 1. The lowest BCUT2D eigenvalue weighted by Gasteiger charge is -2.40. The Hall–Kier alpha value is -5.42. The van der Waals surface area contributed by atoms with E-state index in [2.05, 4.69) is 123 Å². The number of rotatable bonds is 1. The van der Waals surface area contributed by atoms with E-state index in [0.717, 1.165) is 84.3 Å². The summed E-state index contributed by atoms with van der Waals surface area (Å²) >= 11 is 0. The van der Waals surface area contributed by atoms with Gasteiger partial charge in [0.05, 0.1) is 0 Å². The Morgan fingerprint density at radius 3 is 1.87 bits per heavy atom. The van der Waals surface area contributed by atoms with E-state index in [9.17, 15) is 0 Å². The van der Waals surface area contributed by atoms with Gasteiger partial charge < -0.3 is 14.2 Å². The van der Waals surface area contributed by atoms with Crippen LogP contribution >= 0.6 is 0 Å². The van der Waals surface area contributed by atoms with Gasteiger partial charge in [0.25, 0.3) is 13.4 Å². The molecule has 7 heteroatoms. The lowest BCUT2D eigenvalue weighted by Crippen LogP contribution is -2.63. The fraction of sp³-hybridized carbons (Fsp3) is 0.103. The molecule has 5 heterocycles. The second-order valence-corrected chi connectivity index (χ2v) is 13.5. The quantitative estimate of drug-likeness (QED) is 0.235. The normalized spacial score (nSPS) is 14.4. The molecule has 4 aliphatic heterocycles. The molecule has 0 fully saturated rings. The maximum absolute atomic E-state index is 6.85. The summed E-state index contributed by atoms with van der Waals surface area (Å²) in [5, 5.41) is 0. The summed E-state index contributed by atoms with van der Waals surface area (Å²) in [6.07, 6.45) is 0. The minimum Gasteiger partial charge on any atom is -0.458 e. The molecule has 0 radical (unpaired) electrons. The summed E-state index contributed by atoms with van der Waals surface area (Å²) in [6, 6.07) is 40.2. The SMILES string of the molecule is CC(C)(C)c1cc2c3c(c1)Oc1nc4c(cc1B3c1ccccc1O2)B1c2ccccc2Oc2cccc(c21)N4c1ccccc1. The Labute approximate surface area is 268 Å². The predicted octanol–water partition coefficient (Wildman–Crippen LogP) is 5.51. The summed E-state index contributed by atoms with van der Waals surface area (Å²) < 4.78 is 20.0. The predicted molar refractivity (Wildman–Crippen MR) is 186 cm³/mol. The highest BCUT2D eigenvalue weighted by atomic mass is 16.5. The van der Waals surface area contributed by atoms with Crippen LogP contribution in [0.4, 0.5) is 17.2 Å². The van der Waals surface area contributed by atoms with Crippen LogP contribution in [0.3, 0.4) is 0 Å². The van der Waals surface area contributed by atoms with Gasteiger partial charge >= 0.3 is 0 Å². The second kappa shape index (κ2) is 9.07. The van der Waals surface area contributed by atoms with Crippen molar-refractivity contribution in [3.63, 3.8) is 0 Å². The Bertz CT molecular complexity index is 2260. The van der Waals surface area contributed by atoms with Crippen LogP contribution in [0, 0.1) is 0 Å². The molecule has 0 unspecified atom stereocenters. The molecule has 5 nitrogen and oxygen atoms in total. The maximum Gasteiger partial charge on any atom is 0.262 e. The molecule has 1 aromatic heterocycles. The molecule has 46 heavy (non-hydrogen) atoms. The molecule has 0 saturated heterocycles. The molecule has 0 N–H and O–H groups in total. The van der Waals surface area contributed by atoms with E-state index >= 15 is 0 Å². The van der Waals surface area contributed by atoms with Crippen molar-refractivity contribution in [2.75, 3.05) is 4.90 Å². The molecule has 5 aromatic carbocycles. The van der Waals surface area contributed by atoms with Crippen LogP contribution in [-0.2, 0) is 5.41 Å². The fourth-order valence-electron chi connectivity index (χ4n) is 7.67. The molecule has 0 amide bonds. The molecule has 0 atom stereocenters. The van der Waals surface area contributed by atoms with Crippen LogP contribution in [0.2, 0.25) is 0 Å². The minimum atomic E-state index is -0.0871. The molecule has 0 spiro atoms. The molecule has 0 aliphatic carbocycles. The number of nitrogens with zero attached hydrogens (tertiary/aromatic N) is 2. The molecule has 0 saturated carbocycles. The number of ether oxygens (including phenoxy) is 3. The number of aromatic nitrogens is 1. The summed E-state index contributed by atoms with van der Waals surface area (Å²) in [4.78, 5) is 7.73. The smallest absolute Gasteiger partial charge is 0.262 e. The van der Waals surface area contributed by atoms with Crippen LogP contribution in [0.5, 0.6) is 34.6 Å². The van der Waals surface area contributed by atoms with Crippen molar-refractivity contribution in [3.8, 4) is 34.6 Å². The van der Waals surface area contributed by atoms with Gasteiger partial charge in [0.2, 0.25) is 5.88 Å². The molecule has 4 aliphatic rings. The standard InChI is InChI=1S/C39H28B2N2O3/c1-39(2,3)23-20-33-36-34(21-23)46-38-28(41(36)26-15-8-10-18-31(26)45-33)22-27-37(42-38)43(24-12-5-4-6-13-24)29-16-11-19-32-35(29)40(27)25-14-7-9-17-30(25)44-32/h4-22H,1-3H3. The third-order valence-electron chi connectivity index (χ3n) is 9.81. The van der Waals surface area contributed by atoms with Crippen molar-refractivity contribution >= 4 is 63.4 Å². The van der Waals surface area contributed by atoms with E-state index in [1.54, 1.807) is 0 Å². The molecule has 218 valence electrons. The van der Waals surface area contributed by atoms with Crippen molar-refractivity contribution in [2.45, 2.75) is 26.2 Å². The van der Waals surface area contributed by atoms with Crippen LogP contribution in [0.25, 0.3) is 0 Å². The lowest BCUT2D eigenvalue weighted by atomic mass is 9.31. The van der Waals surface area contributed by atoms with Gasteiger partial charge in [-0.3, -0.25) is 4.90 Å². The summed E-state index contributed by atoms with van der Waals surface area (Å²) in [6.45, 7) is 6.52. The van der Waals surface area contributed by atoms with Gasteiger partial charge in [-0.15, -0.1) is 0 Å². The van der Waals surface area contributed by atoms with Gasteiger partial charge in [0.15, 0.2) is 0 Å². The van der Waals surface area contributed by atoms with Gasteiger partial charge in [0.1, 0.15) is 34.6 Å². The largest absolute Gasteiger partial charge is 0.458 e. The minimum absolute atomic E-state index is 0.0527. The second-order valence-electron chi connectivity index (χ2n) is 13.5. The van der Waals surface area contributed by atoms with Crippen molar-refractivity contribution in [3.05, 3.63) is 121 Å². The maximum atomic E-state index is 6.85. The first-order valence-electron chi connectivity index (χ1n) is 15.9. The van der Waals surface area contributed by atoms with Gasteiger partial charge in [-0.2, -0.15) is 4.98 Å². The van der Waals surface area contributed by atoms with Gasteiger partial charge in [0, 0.05) is 16.8 Å². The Kier molecular flexibility index (Phi) is 5.10. The van der Waals surface area contributed by atoms with Crippen LogP contribution < -0.4 is 51.9 Å². The van der Waals surface area contributed by atoms with Gasteiger partial charge in [-0.1, -0.05) is 87.5 Å². The first-order valence-corrected chi connectivity index (χ1v) is 15.9. The van der Waals surface area contributed by atoms with Crippen molar-refractivity contribution in [1.82, 2.24) is 4.98 Å². The molecule has 10 rings (SSSR count). The first kappa shape index (κ1) is 25.9. The average Bonchev–Trinajstić information content (AvgIpc) is 3.07. The van der Waals surface area contributed by atoms with Crippen molar-refractivity contribution in [2.24, 2.45) is 0 Å². The van der Waals surface area contributed by atoms with Gasteiger partial charge in [-0.05, 0) is 86.8 Å². The molecule has 6 aromatic rings. The summed E-state index contributed by atoms with van der Waals surface area (Å²) in [7, 11) is 0. The highest BCUT2D eigenvalue weighted by Crippen LogP contribution is 2.42. The van der Waals surface area contributed by atoms with E-state index in [4.69, 9.17) is 19.2 Å². The zero-order chi connectivity index (χ0) is 30.7. The monoisotopic (exact) mass is 594 g/mol. The molecular formula is C39H28B2N2O3. The molecule has 0 bridgehead atoms. The van der Waals surface area contributed by atoms with E-state index in [-0.39, 0.29) is 18.8 Å². The van der Waals surface area contributed by atoms with Crippen LogP contribution in [-0.4, -0.2) is 18.4 Å². The zero-order valence-electron chi connectivity index (χ0n) is 25.7. The highest BCUT2D eigenvalue weighted by Gasteiger charge is 2.47. The fourth-order valence-corrected chi connectivity index (χ4v) is 7.67. The van der Waals surface area contributed by atoms with E-state index < -0.39 is 0 Å². The Balaban J connectivity index is 1.28. The Morgan fingerprint density at radius 2 is 1.15 bits per heavy atom. The molecular weight excluding hydrogens is 566 g/mol. The Morgan fingerprint density at radius 1 is 0.543 bits per heavy atom. The number of hydrogen-bond acceptors (Lipinski definition) is 5. The zero-order valence-corrected chi connectivity index (χ0v) is 25.7. The van der Waals surface area contributed by atoms with Crippen LogP contribution in [0.1, 0.15) is 26.3 Å². The average molecular weight is 594 g/mol. The number of fused-ring (bicyclic) bond motifs is 8. The summed E-state index contributed by atoms with van der Waals surface area (Å²) in [5.74, 6) is 5.78.